The fourth-order valence-electron chi connectivity index (χ4n) is 1.47. The average molecular weight is 206 g/mol. The molecule has 0 spiro atoms. The molecule has 0 radical (unpaired) electrons. The van der Waals surface area contributed by atoms with Crippen molar-refractivity contribution in [2.45, 2.75) is 13.0 Å². The number of halogens is 1. The van der Waals surface area contributed by atoms with Crippen molar-refractivity contribution in [2.75, 3.05) is 0 Å². The normalized spacial score (nSPS) is 15.5. The van der Waals surface area contributed by atoms with Gasteiger partial charge in [-0.1, -0.05) is 48.0 Å². The highest BCUT2D eigenvalue weighted by Gasteiger charge is 2.03. The monoisotopic (exact) mass is 205 g/mol. The van der Waals surface area contributed by atoms with Crippen molar-refractivity contribution in [3.8, 4) is 0 Å². The molecule has 1 aromatic carbocycles. The van der Waals surface area contributed by atoms with Crippen LogP contribution < -0.4 is 0 Å². The lowest BCUT2D eigenvalue weighted by Gasteiger charge is -2.19. The lowest BCUT2D eigenvalue weighted by molar-refractivity contribution is 0.491. The van der Waals surface area contributed by atoms with Gasteiger partial charge in [0.1, 0.15) is 0 Å². The maximum atomic E-state index is 5.95. The van der Waals surface area contributed by atoms with Crippen LogP contribution in [0.1, 0.15) is 12.0 Å². The third-order valence-electron chi connectivity index (χ3n) is 2.12. The first-order valence-corrected chi connectivity index (χ1v) is 5.05. The number of hydrogen-bond donors (Lipinski definition) is 0. The van der Waals surface area contributed by atoms with Crippen molar-refractivity contribution < 1.29 is 0 Å². The van der Waals surface area contributed by atoms with E-state index in [-0.39, 0.29) is 0 Å². The molecule has 14 heavy (non-hydrogen) atoms. The van der Waals surface area contributed by atoms with Gasteiger partial charge >= 0.3 is 0 Å². The third kappa shape index (κ3) is 2.39. The number of rotatable bonds is 2. The quantitative estimate of drug-likeness (QED) is 0.715. The van der Waals surface area contributed by atoms with Gasteiger partial charge in [0.25, 0.3) is 0 Å². The van der Waals surface area contributed by atoms with Crippen LogP contribution in [0.3, 0.4) is 0 Å². The minimum atomic E-state index is 0.854. The van der Waals surface area contributed by atoms with Crippen LogP contribution in [-0.4, -0.2) is 4.90 Å². The zero-order chi connectivity index (χ0) is 9.80. The van der Waals surface area contributed by atoms with Gasteiger partial charge in [-0.3, -0.25) is 0 Å². The Kier molecular flexibility index (Phi) is 2.90. The molecule has 0 atom stereocenters. The molecule has 0 saturated heterocycles. The van der Waals surface area contributed by atoms with Crippen molar-refractivity contribution in [3.63, 3.8) is 0 Å². The second-order valence-corrected chi connectivity index (χ2v) is 3.81. The molecule has 1 nitrogen and oxygen atoms in total. The molecule has 0 amide bonds. The lowest BCUT2D eigenvalue weighted by atomic mass is 10.2. The van der Waals surface area contributed by atoms with E-state index in [0.717, 1.165) is 18.0 Å². The molecule has 0 aromatic heterocycles. The van der Waals surface area contributed by atoms with E-state index >= 15 is 0 Å². The van der Waals surface area contributed by atoms with E-state index in [0.29, 0.717) is 0 Å². The standard InChI is InChI=1S/C12H12ClN/c13-12-7-4-8-14(10-12)9-11-5-2-1-3-6-11/h1-6,8,10H,7,9H2. The summed E-state index contributed by atoms with van der Waals surface area (Å²) in [5.74, 6) is 0. The first kappa shape index (κ1) is 9.35. The summed E-state index contributed by atoms with van der Waals surface area (Å²) >= 11 is 5.95. The van der Waals surface area contributed by atoms with Gasteiger partial charge in [0, 0.05) is 30.4 Å². The van der Waals surface area contributed by atoms with Crippen LogP contribution in [0.2, 0.25) is 0 Å². The molecular weight excluding hydrogens is 194 g/mol. The smallest absolute Gasteiger partial charge is 0.0470 e. The van der Waals surface area contributed by atoms with Gasteiger partial charge in [0.2, 0.25) is 0 Å². The van der Waals surface area contributed by atoms with Crippen LogP contribution in [0.5, 0.6) is 0 Å². The average Bonchev–Trinajstić information content (AvgIpc) is 2.19. The van der Waals surface area contributed by atoms with E-state index in [1.54, 1.807) is 0 Å². The Bertz CT molecular complexity index is 354. The molecule has 0 N–H and O–H groups in total. The Labute approximate surface area is 89.3 Å². The van der Waals surface area contributed by atoms with Gasteiger partial charge in [-0.25, -0.2) is 0 Å². The summed E-state index contributed by atoms with van der Waals surface area (Å²) in [7, 11) is 0. The predicted octanol–water partition coefficient (Wildman–Crippen LogP) is 3.49. The number of allylic oxidation sites excluding steroid dienone is 2. The summed E-state index contributed by atoms with van der Waals surface area (Å²) in [4.78, 5) is 2.10. The van der Waals surface area contributed by atoms with E-state index < -0.39 is 0 Å². The molecule has 72 valence electrons. The molecule has 2 heteroatoms. The summed E-state index contributed by atoms with van der Waals surface area (Å²) < 4.78 is 0. The zero-order valence-corrected chi connectivity index (χ0v) is 8.61. The van der Waals surface area contributed by atoms with Gasteiger partial charge in [0.05, 0.1) is 0 Å². The van der Waals surface area contributed by atoms with Gasteiger partial charge in [-0.05, 0) is 5.56 Å². The molecule has 1 aromatic rings. The molecule has 1 aliphatic rings. The molecule has 0 saturated carbocycles. The largest absolute Gasteiger partial charge is 0.349 e. The predicted molar refractivity (Wildman–Crippen MR) is 59.7 cm³/mol. The highest BCUT2D eigenvalue weighted by Crippen LogP contribution is 2.17. The molecule has 2 rings (SSSR count). The van der Waals surface area contributed by atoms with E-state index in [4.69, 9.17) is 11.6 Å². The van der Waals surface area contributed by atoms with E-state index in [1.165, 1.54) is 5.56 Å². The molecule has 1 aliphatic heterocycles. The van der Waals surface area contributed by atoms with Crippen LogP contribution in [0, 0.1) is 0 Å². The fraction of sp³-hybridized carbons (Fsp3) is 0.167. The van der Waals surface area contributed by atoms with E-state index in [1.807, 2.05) is 24.4 Å². The maximum absolute atomic E-state index is 5.95. The molecule has 0 unspecified atom stereocenters. The highest BCUT2D eigenvalue weighted by molar-refractivity contribution is 6.29. The fourth-order valence-corrected chi connectivity index (χ4v) is 1.68. The van der Waals surface area contributed by atoms with E-state index in [2.05, 4.69) is 29.3 Å². The van der Waals surface area contributed by atoms with Gasteiger partial charge < -0.3 is 4.90 Å². The van der Waals surface area contributed by atoms with E-state index in [9.17, 15) is 0 Å². The Morgan fingerprint density at radius 2 is 2.00 bits per heavy atom. The van der Waals surface area contributed by atoms with Crippen molar-refractivity contribution in [3.05, 3.63) is 59.4 Å². The first-order chi connectivity index (χ1) is 6.84. The summed E-state index contributed by atoms with van der Waals surface area (Å²) in [5.41, 5.74) is 1.29. The summed E-state index contributed by atoms with van der Waals surface area (Å²) in [6, 6.07) is 10.4. The summed E-state index contributed by atoms with van der Waals surface area (Å²) in [5, 5.41) is 0.892. The number of benzene rings is 1. The third-order valence-corrected chi connectivity index (χ3v) is 2.38. The van der Waals surface area contributed by atoms with Crippen molar-refractivity contribution in [2.24, 2.45) is 0 Å². The summed E-state index contributed by atoms with van der Waals surface area (Å²) in [6.07, 6.45) is 6.98. The Balaban J connectivity index is 2.05. The van der Waals surface area contributed by atoms with Crippen molar-refractivity contribution in [1.29, 1.82) is 0 Å². The Morgan fingerprint density at radius 1 is 1.21 bits per heavy atom. The minimum absolute atomic E-state index is 0.854. The second kappa shape index (κ2) is 4.34. The van der Waals surface area contributed by atoms with Crippen molar-refractivity contribution in [1.82, 2.24) is 4.90 Å². The molecule has 0 bridgehead atoms. The maximum Gasteiger partial charge on any atom is 0.0470 e. The SMILES string of the molecule is ClC1=CN(Cc2ccccc2)C=CC1. The Hall–Kier alpha value is -1.21. The lowest BCUT2D eigenvalue weighted by Crippen LogP contribution is -2.11. The number of hydrogen-bond acceptors (Lipinski definition) is 1. The van der Waals surface area contributed by atoms with Gasteiger partial charge in [-0.2, -0.15) is 0 Å². The second-order valence-electron chi connectivity index (χ2n) is 3.32. The Morgan fingerprint density at radius 3 is 2.71 bits per heavy atom. The zero-order valence-electron chi connectivity index (χ0n) is 7.86. The van der Waals surface area contributed by atoms with Crippen LogP contribution in [-0.2, 0) is 6.54 Å². The molecule has 0 fully saturated rings. The van der Waals surface area contributed by atoms with Gasteiger partial charge in [0.15, 0.2) is 0 Å². The molecule has 0 aliphatic carbocycles. The van der Waals surface area contributed by atoms with Gasteiger partial charge in [-0.15, -0.1) is 0 Å². The van der Waals surface area contributed by atoms with Crippen molar-refractivity contribution >= 4 is 11.6 Å². The van der Waals surface area contributed by atoms with Crippen LogP contribution in [0.15, 0.2) is 53.8 Å². The molecule has 1 heterocycles. The first-order valence-electron chi connectivity index (χ1n) is 4.67. The topological polar surface area (TPSA) is 3.24 Å². The van der Waals surface area contributed by atoms with Crippen LogP contribution in [0.4, 0.5) is 0 Å². The minimum Gasteiger partial charge on any atom is -0.349 e. The number of nitrogens with zero attached hydrogens (tertiary/aromatic N) is 1. The summed E-state index contributed by atoms with van der Waals surface area (Å²) in [6.45, 7) is 0.882. The molecular formula is C12H12ClN. The highest BCUT2D eigenvalue weighted by atomic mass is 35.5. The van der Waals surface area contributed by atoms with Crippen LogP contribution >= 0.6 is 11.6 Å². The van der Waals surface area contributed by atoms with Crippen LogP contribution in [0.25, 0.3) is 0 Å².